The van der Waals surface area contributed by atoms with Crippen LogP contribution in [0.15, 0.2) is 40.4 Å². The lowest BCUT2D eigenvalue weighted by Crippen LogP contribution is -2.14. The minimum atomic E-state index is -0.462. The summed E-state index contributed by atoms with van der Waals surface area (Å²) in [5, 5.41) is 12.3. The molecule has 0 fully saturated rings. The molecule has 0 aliphatic carbocycles. The molecule has 0 spiro atoms. The van der Waals surface area contributed by atoms with Gasteiger partial charge in [-0.1, -0.05) is 24.6 Å². The summed E-state index contributed by atoms with van der Waals surface area (Å²) in [4.78, 5) is 12.6. The zero-order valence-corrected chi connectivity index (χ0v) is 18.0. The third-order valence-corrected chi connectivity index (χ3v) is 4.60. The molecular formula is C22H23BrN2O3. The van der Waals surface area contributed by atoms with Crippen molar-refractivity contribution in [3.63, 3.8) is 0 Å². The molecule has 2 aromatic carbocycles. The normalized spacial score (nSPS) is 10.9. The van der Waals surface area contributed by atoms with Crippen molar-refractivity contribution in [2.24, 2.45) is 0 Å². The summed E-state index contributed by atoms with van der Waals surface area (Å²) in [5.41, 5.74) is 3.37. The molecule has 0 radical (unpaired) electrons. The Morgan fingerprint density at radius 3 is 2.64 bits per heavy atom. The van der Waals surface area contributed by atoms with Crippen LogP contribution in [0.1, 0.15) is 30.0 Å². The molecule has 1 amide bonds. The highest BCUT2D eigenvalue weighted by Crippen LogP contribution is 2.37. The number of hydrogen-bond donors (Lipinski definition) is 1. The van der Waals surface area contributed by atoms with E-state index in [1.54, 1.807) is 19.2 Å². The first-order chi connectivity index (χ1) is 13.4. The maximum atomic E-state index is 12.6. The lowest BCUT2D eigenvalue weighted by Gasteiger charge is -2.13. The molecule has 146 valence electrons. The van der Waals surface area contributed by atoms with Crippen molar-refractivity contribution < 1.29 is 14.3 Å². The van der Waals surface area contributed by atoms with Crippen LogP contribution in [0, 0.1) is 25.2 Å². The first kappa shape index (κ1) is 21.5. The monoisotopic (exact) mass is 442 g/mol. The third-order valence-electron chi connectivity index (χ3n) is 4.01. The van der Waals surface area contributed by atoms with Gasteiger partial charge in [0, 0.05) is 5.69 Å². The van der Waals surface area contributed by atoms with Crippen molar-refractivity contribution in [1.82, 2.24) is 0 Å². The Morgan fingerprint density at radius 2 is 2.04 bits per heavy atom. The fourth-order valence-electron chi connectivity index (χ4n) is 2.63. The first-order valence-electron chi connectivity index (χ1n) is 8.90. The van der Waals surface area contributed by atoms with Gasteiger partial charge in [0.25, 0.3) is 5.91 Å². The minimum Gasteiger partial charge on any atom is -0.493 e. The summed E-state index contributed by atoms with van der Waals surface area (Å²) >= 11 is 3.47. The Hall–Kier alpha value is -2.78. The van der Waals surface area contributed by atoms with Gasteiger partial charge in [-0.15, -0.1) is 0 Å². The summed E-state index contributed by atoms with van der Waals surface area (Å²) in [6.07, 6.45) is 2.39. The summed E-state index contributed by atoms with van der Waals surface area (Å²) in [6.45, 7) is 6.48. The second-order valence-corrected chi connectivity index (χ2v) is 7.18. The van der Waals surface area contributed by atoms with Crippen molar-refractivity contribution in [3.8, 4) is 17.6 Å². The molecule has 0 heterocycles. The number of ether oxygens (including phenoxy) is 2. The molecule has 0 unspecified atom stereocenters. The Morgan fingerprint density at radius 1 is 1.29 bits per heavy atom. The number of anilines is 1. The van der Waals surface area contributed by atoms with Crippen LogP contribution in [0.2, 0.25) is 0 Å². The summed E-state index contributed by atoms with van der Waals surface area (Å²) in [7, 11) is 1.55. The van der Waals surface area contributed by atoms with Gasteiger partial charge in [0.05, 0.1) is 18.2 Å². The lowest BCUT2D eigenvalue weighted by atomic mass is 10.1. The fraction of sp³-hybridized carbons (Fsp3) is 0.273. The zero-order valence-electron chi connectivity index (χ0n) is 16.4. The van der Waals surface area contributed by atoms with Crippen LogP contribution >= 0.6 is 15.9 Å². The Bertz CT molecular complexity index is 946. The maximum absolute atomic E-state index is 12.6. The molecular weight excluding hydrogens is 420 g/mol. The van der Waals surface area contributed by atoms with Crippen molar-refractivity contribution >= 4 is 33.6 Å². The van der Waals surface area contributed by atoms with Crippen LogP contribution < -0.4 is 14.8 Å². The SMILES string of the molecule is CCCOc1c(Br)cc(/C=C(\C#N)C(=O)Nc2ccc(C)cc2C)cc1OC. The van der Waals surface area contributed by atoms with E-state index in [4.69, 9.17) is 9.47 Å². The smallest absolute Gasteiger partial charge is 0.266 e. The van der Waals surface area contributed by atoms with Crippen molar-refractivity contribution in [1.29, 1.82) is 5.26 Å². The van der Waals surface area contributed by atoms with Crippen LogP contribution in [-0.2, 0) is 4.79 Å². The number of rotatable bonds is 7. The number of carbonyl (C=O) groups is 1. The van der Waals surface area contributed by atoms with E-state index in [2.05, 4.69) is 21.2 Å². The number of nitrogens with one attached hydrogen (secondary N) is 1. The predicted octanol–water partition coefficient (Wildman–Crippen LogP) is 5.41. The molecule has 2 rings (SSSR count). The van der Waals surface area contributed by atoms with Crippen molar-refractivity contribution in [2.75, 3.05) is 19.0 Å². The molecule has 0 aromatic heterocycles. The van der Waals surface area contributed by atoms with Crippen LogP contribution in [0.4, 0.5) is 5.69 Å². The predicted molar refractivity (Wildman–Crippen MR) is 115 cm³/mol. The van der Waals surface area contributed by atoms with E-state index in [9.17, 15) is 10.1 Å². The van der Waals surface area contributed by atoms with Crippen LogP contribution in [-0.4, -0.2) is 19.6 Å². The van der Waals surface area contributed by atoms with Gasteiger partial charge in [-0.05, 0) is 71.6 Å². The number of carbonyl (C=O) groups excluding carboxylic acids is 1. The second kappa shape index (κ2) is 9.95. The van der Waals surface area contributed by atoms with Gasteiger partial charge in [-0.2, -0.15) is 5.26 Å². The topological polar surface area (TPSA) is 71.3 Å². The summed E-state index contributed by atoms with van der Waals surface area (Å²) in [6, 6.07) is 11.2. The largest absolute Gasteiger partial charge is 0.493 e. The van der Waals surface area contributed by atoms with E-state index in [0.717, 1.165) is 17.5 Å². The average molecular weight is 443 g/mol. The van der Waals surface area contributed by atoms with Gasteiger partial charge in [0.15, 0.2) is 11.5 Å². The van der Waals surface area contributed by atoms with Gasteiger partial charge in [0.1, 0.15) is 11.6 Å². The lowest BCUT2D eigenvalue weighted by molar-refractivity contribution is -0.112. The summed E-state index contributed by atoms with van der Waals surface area (Å²) < 4.78 is 11.8. The number of halogens is 1. The number of aryl methyl sites for hydroxylation is 2. The Labute approximate surface area is 174 Å². The molecule has 28 heavy (non-hydrogen) atoms. The molecule has 0 atom stereocenters. The van der Waals surface area contributed by atoms with E-state index in [1.807, 2.05) is 45.0 Å². The van der Waals surface area contributed by atoms with E-state index in [1.165, 1.54) is 6.08 Å². The molecule has 5 nitrogen and oxygen atoms in total. The molecule has 0 aliphatic heterocycles. The number of nitriles is 1. The van der Waals surface area contributed by atoms with E-state index in [0.29, 0.717) is 33.8 Å². The quantitative estimate of drug-likeness (QED) is 0.459. The fourth-order valence-corrected chi connectivity index (χ4v) is 3.20. The minimum absolute atomic E-state index is 0.00356. The molecule has 0 saturated carbocycles. The maximum Gasteiger partial charge on any atom is 0.266 e. The molecule has 0 bridgehead atoms. The van der Waals surface area contributed by atoms with E-state index in [-0.39, 0.29) is 5.57 Å². The van der Waals surface area contributed by atoms with E-state index >= 15 is 0 Å². The van der Waals surface area contributed by atoms with Gasteiger partial charge in [0.2, 0.25) is 0 Å². The van der Waals surface area contributed by atoms with Crippen LogP contribution in [0.25, 0.3) is 6.08 Å². The molecule has 0 aliphatic rings. The van der Waals surface area contributed by atoms with Gasteiger partial charge < -0.3 is 14.8 Å². The third kappa shape index (κ3) is 5.37. The molecule has 2 aromatic rings. The summed E-state index contributed by atoms with van der Waals surface area (Å²) in [5.74, 6) is 0.664. The van der Waals surface area contributed by atoms with Crippen molar-refractivity contribution in [2.45, 2.75) is 27.2 Å². The highest BCUT2D eigenvalue weighted by molar-refractivity contribution is 9.10. The van der Waals surface area contributed by atoms with Gasteiger partial charge >= 0.3 is 0 Å². The van der Waals surface area contributed by atoms with E-state index < -0.39 is 5.91 Å². The number of benzene rings is 2. The number of nitrogens with zero attached hydrogens (tertiary/aromatic N) is 1. The van der Waals surface area contributed by atoms with Crippen LogP contribution in [0.5, 0.6) is 11.5 Å². The first-order valence-corrected chi connectivity index (χ1v) is 9.69. The Kier molecular flexibility index (Phi) is 7.65. The van der Waals surface area contributed by atoms with Gasteiger partial charge in [-0.3, -0.25) is 4.79 Å². The van der Waals surface area contributed by atoms with Crippen molar-refractivity contribution in [3.05, 3.63) is 57.1 Å². The molecule has 0 saturated heterocycles. The van der Waals surface area contributed by atoms with Gasteiger partial charge in [-0.25, -0.2) is 0 Å². The average Bonchev–Trinajstić information content (AvgIpc) is 2.66. The highest BCUT2D eigenvalue weighted by atomic mass is 79.9. The zero-order chi connectivity index (χ0) is 20.7. The highest BCUT2D eigenvalue weighted by Gasteiger charge is 2.14. The number of methoxy groups -OCH3 is 1. The standard InChI is InChI=1S/C22H23BrN2O3/c1-5-8-28-21-18(23)11-16(12-20(21)27-4)10-17(13-24)22(26)25-19-7-6-14(2)9-15(19)3/h6-7,9-12H,5,8H2,1-4H3,(H,25,26)/b17-10+. The number of amides is 1. The number of hydrogen-bond acceptors (Lipinski definition) is 4. The second-order valence-electron chi connectivity index (χ2n) is 6.32. The Balaban J connectivity index is 2.31. The molecule has 1 N–H and O–H groups in total. The van der Waals surface area contributed by atoms with Crippen LogP contribution in [0.3, 0.4) is 0 Å². The molecule has 6 heteroatoms.